The Labute approximate surface area is 196 Å². The van der Waals surface area contributed by atoms with Crippen LogP contribution in [0.3, 0.4) is 0 Å². The van der Waals surface area contributed by atoms with Gasteiger partial charge in [-0.2, -0.15) is 5.10 Å². The molecule has 2 aliphatic rings. The maximum absolute atomic E-state index is 11.0. The zero-order valence-electron chi connectivity index (χ0n) is 18.1. The largest absolute Gasteiger partial charge is 0.390 e. The highest BCUT2D eigenvalue weighted by atomic mass is 35.5. The lowest BCUT2D eigenvalue weighted by Gasteiger charge is -2.40. The van der Waals surface area contributed by atoms with E-state index in [-0.39, 0.29) is 12.1 Å². The molecular weight excluding hydrogens is 440 g/mol. The lowest BCUT2D eigenvalue weighted by Crippen LogP contribution is -2.54. The number of pyridine rings is 1. The molecular formula is C24H25ClN6O2. The molecule has 8 nitrogen and oxygen atoms in total. The van der Waals surface area contributed by atoms with E-state index in [0.29, 0.717) is 47.3 Å². The molecule has 2 unspecified atom stereocenters. The Morgan fingerprint density at radius 3 is 2.58 bits per heavy atom. The Bertz CT molecular complexity index is 1180. The second-order valence-electron chi connectivity index (χ2n) is 8.56. The van der Waals surface area contributed by atoms with Crippen LogP contribution >= 0.6 is 11.6 Å². The smallest absolute Gasteiger partial charge is 0.175 e. The molecule has 0 bridgehead atoms. The average Bonchev–Trinajstić information content (AvgIpc) is 3.23. The number of benzene rings is 1. The van der Waals surface area contributed by atoms with Crippen molar-refractivity contribution in [2.45, 2.75) is 31.7 Å². The molecule has 0 aliphatic carbocycles. The van der Waals surface area contributed by atoms with E-state index in [1.807, 2.05) is 42.6 Å². The summed E-state index contributed by atoms with van der Waals surface area (Å²) in [6.07, 6.45) is 4.48. The Balaban J connectivity index is 1.29. The first-order valence-corrected chi connectivity index (χ1v) is 11.2. The minimum Gasteiger partial charge on any atom is -0.390 e. The average molecular weight is 465 g/mol. The van der Waals surface area contributed by atoms with Gasteiger partial charge in [0, 0.05) is 42.3 Å². The van der Waals surface area contributed by atoms with Crippen LogP contribution < -0.4 is 4.90 Å². The predicted octanol–water partition coefficient (Wildman–Crippen LogP) is 3.33. The highest BCUT2D eigenvalue weighted by Gasteiger charge is 2.29. The number of halogens is 1. The van der Waals surface area contributed by atoms with Gasteiger partial charge in [-0.05, 0) is 42.8 Å². The number of nitrogens with one attached hydrogen (secondary N) is 1. The van der Waals surface area contributed by atoms with Crippen molar-refractivity contribution in [1.82, 2.24) is 14.6 Å². The van der Waals surface area contributed by atoms with Gasteiger partial charge in [0.1, 0.15) is 6.34 Å². The molecule has 1 fully saturated rings. The topological polar surface area (TPSA) is 101 Å². The highest BCUT2D eigenvalue weighted by molar-refractivity contribution is 6.30. The third-order valence-corrected chi connectivity index (χ3v) is 6.46. The predicted molar refractivity (Wildman–Crippen MR) is 129 cm³/mol. The molecule has 170 valence electrons. The van der Waals surface area contributed by atoms with Crippen LogP contribution in [0.15, 0.2) is 60.0 Å². The molecule has 0 saturated carbocycles. The van der Waals surface area contributed by atoms with Crippen molar-refractivity contribution in [3.63, 3.8) is 0 Å². The number of fused-ring (bicyclic) bond motifs is 1. The molecule has 3 aromatic rings. The van der Waals surface area contributed by atoms with Crippen LogP contribution in [0, 0.1) is 5.41 Å². The SMILES string of the molecule is CC(CC(=N)c1ccc(N2C=Nn3cc(-c4ccc(Cl)cc4)cc3C2O)cn1)N1CC(O)C1. The number of aliphatic hydroxyl groups excluding tert-OH is 2. The van der Waals surface area contributed by atoms with Gasteiger partial charge < -0.3 is 15.6 Å². The first-order valence-electron chi connectivity index (χ1n) is 10.8. The fourth-order valence-electron chi connectivity index (χ4n) is 4.18. The summed E-state index contributed by atoms with van der Waals surface area (Å²) in [6, 6.07) is 13.2. The molecule has 0 amide bonds. The molecule has 1 saturated heterocycles. The molecule has 4 heterocycles. The summed E-state index contributed by atoms with van der Waals surface area (Å²) >= 11 is 5.99. The lowest BCUT2D eigenvalue weighted by molar-refractivity contribution is -0.0187. The van der Waals surface area contributed by atoms with Crippen LogP contribution in [0.25, 0.3) is 11.1 Å². The number of aromatic nitrogens is 2. The van der Waals surface area contributed by atoms with Crippen molar-refractivity contribution in [2.24, 2.45) is 5.10 Å². The maximum atomic E-state index is 11.0. The van der Waals surface area contributed by atoms with E-state index < -0.39 is 6.23 Å². The van der Waals surface area contributed by atoms with E-state index in [4.69, 9.17) is 17.0 Å². The summed E-state index contributed by atoms with van der Waals surface area (Å²) < 4.78 is 1.66. The fraction of sp³-hybridized carbons (Fsp3) is 0.292. The standard InChI is InChI=1S/C24H25ClN6O2/c1-15(29-12-20(32)13-29)8-21(26)22-7-6-19(10-27-22)30-14-28-31-11-17(9-23(31)24(30)33)16-2-4-18(25)5-3-16/h2-7,9-11,14-15,20,24,26,32-33H,8,12-13H2,1H3. The monoisotopic (exact) mass is 464 g/mol. The molecule has 0 radical (unpaired) electrons. The molecule has 5 rings (SSSR count). The van der Waals surface area contributed by atoms with Crippen LogP contribution in [0.4, 0.5) is 5.69 Å². The number of hydrogen-bond donors (Lipinski definition) is 3. The number of hydrogen-bond acceptors (Lipinski definition) is 7. The minimum atomic E-state index is -0.923. The van der Waals surface area contributed by atoms with Crippen molar-refractivity contribution >= 4 is 29.3 Å². The zero-order valence-corrected chi connectivity index (χ0v) is 18.9. The van der Waals surface area contributed by atoms with Crippen LogP contribution in [0.5, 0.6) is 0 Å². The van der Waals surface area contributed by atoms with Crippen molar-refractivity contribution in [3.8, 4) is 11.1 Å². The number of likely N-dealkylation sites (tertiary alicyclic amines) is 1. The Hall–Kier alpha value is -3.04. The van der Waals surface area contributed by atoms with Crippen molar-refractivity contribution in [2.75, 3.05) is 18.0 Å². The minimum absolute atomic E-state index is 0.182. The summed E-state index contributed by atoms with van der Waals surface area (Å²) in [5.74, 6) is 0. The normalized spacial score (nSPS) is 19.3. The van der Waals surface area contributed by atoms with E-state index in [9.17, 15) is 10.2 Å². The van der Waals surface area contributed by atoms with Crippen molar-refractivity contribution in [1.29, 1.82) is 5.41 Å². The number of aliphatic hydroxyl groups is 2. The molecule has 1 aromatic carbocycles. The van der Waals surface area contributed by atoms with Crippen LogP contribution in [0.2, 0.25) is 5.02 Å². The number of rotatable bonds is 6. The van der Waals surface area contributed by atoms with Gasteiger partial charge in [-0.3, -0.25) is 14.8 Å². The van der Waals surface area contributed by atoms with Gasteiger partial charge >= 0.3 is 0 Å². The highest BCUT2D eigenvalue weighted by Crippen LogP contribution is 2.32. The van der Waals surface area contributed by atoms with Crippen molar-refractivity contribution < 1.29 is 10.2 Å². The summed E-state index contributed by atoms with van der Waals surface area (Å²) in [4.78, 5) is 8.25. The Morgan fingerprint density at radius 1 is 1.15 bits per heavy atom. The molecule has 33 heavy (non-hydrogen) atoms. The van der Waals surface area contributed by atoms with Gasteiger partial charge in [0.15, 0.2) is 6.23 Å². The quantitative estimate of drug-likeness (QED) is 0.486. The van der Waals surface area contributed by atoms with Gasteiger partial charge in [0.2, 0.25) is 0 Å². The Kier molecular flexibility index (Phi) is 5.76. The van der Waals surface area contributed by atoms with E-state index in [1.54, 1.807) is 28.2 Å². The summed E-state index contributed by atoms with van der Waals surface area (Å²) in [7, 11) is 0. The molecule has 0 spiro atoms. The van der Waals surface area contributed by atoms with Crippen LogP contribution in [-0.4, -0.2) is 62.1 Å². The molecule has 2 atom stereocenters. The number of nitrogens with zero attached hydrogens (tertiary/aromatic N) is 5. The van der Waals surface area contributed by atoms with E-state index >= 15 is 0 Å². The zero-order chi connectivity index (χ0) is 23.1. The number of anilines is 1. The fourth-order valence-corrected chi connectivity index (χ4v) is 4.31. The van der Waals surface area contributed by atoms with Gasteiger partial charge in [0.25, 0.3) is 0 Å². The van der Waals surface area contributed by atoms with Crippen molar-refractivity contribution in [3.05, 3.63) is 71.3 Å². The Morgan fingerprint density at radius 2 is 1.91 bits per heavy atom. The maximum Gasteiger partial charge on any atom is 0.175 e. The summed E-state index contributed by atoms with van der Waals surface area (Å²) in [5, 5.41) is 34.0. The van der Waals surface area contributed by atoms with Gasteiger partial charge in [-0.1, -0.05) is 23.7 Å². The first kappa shape index (κ1) is 21.8. The van der Waals surface area contributed by atoms with E-state index in [0.717, 1.165) is 11.1 Å². The summed E-state index contributed by atoms with van der Waals surface area (Å²) in [5.41, 5.74) is 4.30. The van der Waals surface area contributed by atoms with E-state index in [2.05, 4.69) is 21.9 Å². The molecule has 2 aromatic heterocycles. The third kappa shape index (κ3) is 4.30. The van der Waals surface area contributed by atoms with Gasteiger partial charge in [-0.15, -0.1) is 0 Å². The van der Waals surface area contributed by atoms with Gasteiger partial charge in [0.05, 0.1) is 35.1 Å². The second-order valence-corrected chi connectivity index (χ2v) is 8.99. The second kappa shape index (κ2) is 8.72. The molecule has 2 aliphatic heterocycles. The lowest BCUT2D eigenvalue weighted by atomic mass is 10.0. The first-order chi connectivity index (χ1) is 15.9. The summed E-state index contributed by atoms with van der Waals surface area (Å²) in [6.45, 7) is 3.38. The third-order valence-electron chi connectivity index (χ3n) is 6.20. The molecule has 3 N–H and O–H groups in total. The number of β-amino-alcohol motifs (C(OH)–C–C–N with tert-alkyl or cyclic N) is 1. The van der Waals surface area contributed by atoms with Crippen LogP contribution in [0.1, 0.15) is 31.0 Å². The van der Waals surface area contributed by atoms with E-state index in [1.165, 1.54) is 0 Å². The molecule has 9 heteroatoms. The van der Waals surface area contributed by atoms with Gasteiger partial charge in [-0.25, -0.2) is 4.68 Å². The van der Waals surface area contributed by atoms with Crippen LogP contribution in [-0.2, 0) is 0 Å².